The maximum atomic E-state index is 13.3. The lowest BCUT2D eigenvalue weighted by Crippen LogP contribution is -2.27. The molecule has 5 nitrogen and oxygen atoms in total. The van der Waals surface area contributed by atoms with E-state index in [0.29, 0.717) is 30.2 Å². The number of carbonyl (C=O) groups is 1. The Morgan fingerprint density at radius 2 is 1.79 bits per heavy atom. The third-order valence-electron chi connectivity index (χ3n) is 6.53. The average molecular weight is 443 g/mol. The molecule has 5 rings (SSSR count). The van der Waals surface area contributed by atoms with Crippen molar-refractivity contribution >= 4 is 17.2 Å². The van der Waals surface area contributed by atoms with Gasteiger partial charge in [-0.1, -0.05) is 18.2 Å². The van der Waals surface area contributed by atoms with E-state index in [1.165, 1.54) is 34.4 Å². The van der Waals surface area contributed by atoms with Crippen LogP contribution in [0.1, 0.15) is 28.8 Å². The molecule has 33 heavy (non-hydrogen) atoms. The number of anilines is 1. The van der Waals surface area contributed by atoms with Crippen molar-refractivity contribution in [3.05, 3.63) is 88.9 Å². The quantitative estimate of drug-likeness (QED) is 0.655. The van der Waals surface area contributed by atoms with Gasteiger partial charge in [0.1, 0.15) is 5.82 Å². The number of nitrogens with two attached hydrogens (primary N) is 1. The molecule has 2 aromatic carbocycles. The van der Waals surface area contributed by atoms with Crippen molar-refractivity contribution < 1.29 is 9.18 Å². The summed E-state index contributed by atoms with van der Waals surface area (Å²) in [5, 5.41) is 0. The van der Waals surface area contributed by atoms with Crippen molar-refractivity contribution in [2.75, 3.05) is 25.9 Å². The Kier molecular flexibility index (Phi) is 5.68. The number of likely N-dealkylation sites (N-methyl/N-ethyl adjacent to an activating group) is 1. The first-order chi connectivity index (χ1) is 16.0. The number of pyridine rings is 1. The van der Waals surface area contributed by atoms with Gasteiger partial charge >= 0.3 is 0 Å². The molecule has 0 aliphatic carbocycles. The van der Waals surface area contributed by atoms with Gasteiger partial charge in [-0.15, -0.1) is 0 Å². The highest BCUT2D eigenvalue weighted by atomic mass is 19.1. The number of benzene rings is 2. The summed E-state index contributed by atoms with van der Waals surface area (Å²) >= 11 is 0. The fourth-order valence-electron chi connectivity index (χ4n) is 4.49. The monoisotopic (exact) mass is 442 g/mol. The summed E-state index contributed by atoms with van der Waals surface area (Å²) in [6, 6.07) is 16.3. The molecule has 0 radical (unpaired) electrons. The predicted molar refractivity (Wildman–Crippen MR) is 129 cm³/mol. The minimum Gasteiger partial charge on any atom is -0.397 e. The molecule has 2 aliphatic rings. The third-order valence-corrected chi connectivity index (χ3v) is 6.53. The number of halogens is 1. The number of nitrogens with zero attached hydrogens (tertiary/aromatic N) is 3. The van der Waals surface area contributed by atoms with Crippen LogP contribution in [0.25, 0.3) is 16.8 Å². The average Bonchev–Trinajstić information content (AvgIpc) is 3.25. The first-order valence-electron chi connectivity index (χ1n) is 11.2. The lowest BCUT2D eigenvalue weighted by molar-refractivity contribution is -0.131. The van der Waals surface area contributed by atoms with Crippen LogP contribution in [-0.2, 0) is 24.3 Å². The summed E-state index contributed by atoms with van der Waals surface area (Å²) in [6.45, 7) is 3.25. The van der Waals surface area contributed by atoms with E-state index in [9.17, 15) is 9.18 Å². The minimum atomic E-state index is -0.298. The van der Waals surface area contributed by atoms with Crippen molar-refractivity contribution in [3.63, 3.8) is 0 Å². The van der Waals surface area contributed by atoms with Gasteiger partial charge in [0.05, 0.1) is 23.5 Å². The molecule has 0 unspecified atom stereocenters. The number of rotatable bonds is 4. The highest BCUT2D eigenvalue weighted by Gasteiger charge is 2.25. The van der Waals surface area contributed by atoms with Gasteiger partial charge < -0.3 is 15.5 Å². The number of fused-ring (bicyclic) bond motifs is 1. The fraction of sp³-hybridized carbons (Fsp3) is 0.259. The van der Waals surface area contributed by atoms with Gasteiger partial charge in [0.25, 0.3) is 0 Å². The van der Waals surface area contributed by atoms with Gasteiger partial charge in [0.2, 0.25) is 5.91 Å². The third kappa shape index (κ3) is 4.52. The van der Waals surface area contributed by atoms with Crippen LogP contribution < -0.4 is 5.73 Å². The van der Waals surface area contributed by atoms with Gasteiger partial charge in [-0.05, 0) is 78.2 Å². The molecule has 0 bridgehead atoms. The summed E-state index contributed by atoms with van der Waals surface area (Å²) in [4.78, 5) is 21.9. The molecule has 0 saturated carbocycles. The van der Waals surface area contributed by atoms with E-state index in [-0.39, 0.29) is 18.1 Å². The zero-order chi connectivity index (χ0) is 22.9. The molecule has 6 heteroatoms. The molecule has 1 amide bonds. The summed E-state index contributed by atoms with van der Waals surface area (Å²) in [5.74, 6) is -0.296. The Balaban J connectivity index is 1.30. The molecule has 2 N–H and O–H groups in total. The second kappa shape index (κ2) is 8.79. The highest BCUT2D eigenvalue weighted by Crippen LogP contribution is 2.30. The van der Waals surface area contributed by atoms with Crippen molar-refractivity contribution in [2.45, 2.75) is 25.9 Å². The number of hydrogen-bond donors (Lipinski definition) is 1. The van der Waals surface area contributed by atoms with Gasteiger partial charge in [-0.3, -0.25) is 9.78 Å². The second-order valence-corrected chi connectivity index (χ2v) is 8.89. The Labute approximate surface area is 193 Å². The van der Waals surface area contributed by atoms with Crippen LogP contribution in [0.3, 0.4) is 0 Å². The molecule has 2 aliphatic heterocycles. The zero-order valence-corrected chi connectivity index (χ0v) is 18.7. The smallest absolute Gasteiger partial charge is 0.229 e. The molecule has 0 atom stereocenters. The van der Waals surface area contributed by atoms with E-state index in [0.717, 1.165) is 25.1 Å². The number of hydrogen-bond acceptors (Lipinski definition) is 4. The Morgan fingerprint density at radius 1 is 1.03 bits per heavy atom. The van der Waals surface area contributed by atoms with Crippen molar-refractivity contribution in [1.29, 1.82) is 0 Å². The molecule has 3 heterocycles. The van der Waals surface area contributed by atoms with Crippen LogP contribution in [0.15, 0.2) is 60.7 Å². The molecule has 168 valence electrons. The fourth-order valence-corrected chi connectivity index (χ4v) is 4.49. The standard InChI is InChI=1S/C27H27FN4O/c1-31-12-10-18(11-13-31)20-2-3-21-16-32(17-22(21)14-20)27(33)15-26-24(29)8-9-25(30-26)19-4-6-23(28)7-5-19/h2-10,14H,11-13,15-17,29H2,1H3. The van der Waals surface area contributed by atoms with Crippen LogP contribution in [0, 0.1) is 5.82 Å². The lowest BCUT2D eigenvalue weighted by Gasteiger charge is -2.22. The van der Waals surface area contributed by atoms with Crippen molar-refractivity contribution in [1.82, 2.24) is 14.8 Å². The molecule has 3 aromatic rings. The van der Waals surface area contributed by atoms with Crippen LogP contribution in [0.4, 0.5) is 10.1 Å². The highest BCUT2D eigenvalue weighted by molar-refractivity contribution is 5.81. The molecular weight excluding hydrogens is 415 g/mol. The van der Waals surface area contributed by atoms with Gasteiger partial charge in [0, 0.05) is 31.7 Å². The van der Waals surface area contributed by atoms with Gasteiger partial charge in [-0.2, -0.15) is 0 Å². The summed E-state index contributed by atoms with van der Waals surface area (Å²) < 4.78 is 13.3. The van der Waals surface area contributed by atoms with E-state index in [4.69, 9.17) is 5.73 Å². The maximum absolute atomic E-state index is 13.3. The Morgan fingerprint density at radius 3 is 2.55 bits per heavy atom. The lowest BCUT2D eigenvalue weighted by atomic mass is 9.96. The minimum absolute atomic E-state index is 0.00159. The van der Waals surface area contributed by atoms with E-state index in [1.54, 1.807) is 24.3 Å². The first kappa shape index (κ1) is 21.3. The number of nitrogen functional groups attached to an aromatic ring is 1. The summed E-state index contributed by atoms with van der Waals surface area (Å²) in [5.41, 5.74) is 13.7. The topological polar surface area (TPSA) is 62.5 Å². The van der Waals surface area contributed by atoms with E-state index in [1.807, 2.05) is 4.90 Å². The molecule has 0 fully saturated rings. The largest absolute Gasteiger partial charge is 0.397 e. The van der Waals surface area contributed by atoms with Crippen molar-refractivity contribution in [3.8, 4) is 11.3 Å². The van der Waals surface area contributed by atoms with Gasteiger partial charge in [0.15, 0.2) is 0 Å². The zero-order valence-electron chi connectivity index (χ0n) is 18.7. The maximum Gasteiger partial charge on any atom is 0.229 e. The van der Waals surface area contributed by atoms with E-state index < -0.39 is 0 Å². The van der Waals surface area contributed by atoms with Crippen LogP contribution in [0.5, 0.6) is 0 Å². The second-order valence-electron chi connectivity index (χ2n) is 8.89. The molecule has 1 aromatic heterocycles. The Bertz CT molecular complexity index is 1240. The molecular formula is C27H27FN4O. The first-order valence-corrected chi connectivity index (χ1v) is 11.2. The SMILES string of the molecule is CN1CC=C(c2ccc3c(c2)CN(C(=O)Cc2nc(-c4ccc(F)cc4)ccc2N)C3)CC1. The Hall–Kier alpha value is -3.51. The van der Waals surface area contributed by atoms with Gasteiger partial charge in [-0.25, -0.2) is 4.39 Å². The number of aromatic nitrogens is 1. The number of amides is 1. The predicted octanol–water partition coefficient (Wildman–Crippen LogP) is 4.27. The normalized spacial score (nSPS) is 15.9. The summed E-state index contributed by atoms with van der Waals surface area (Å²) in [7, 11) is 2.14. The van der Waals surface area contributed by atoms with Crippen LogP contribution >= 0.6 is 0 Å². The number of carbonyl (C=O) groups excluding carboxylic acids is 1. The molecule has 0 saturated heterocycles. The van der Waals surface area contributed by atoms with E-state index in [2.05, 4.69) is 41.2 Å². The summed E-state index contributed by atoms with van der Waals surface area (Å²) in [6.07, 6.45) is 3.48. The van der Waals surface area contributed by atoms with Crippen LogP contribution in [0.2, 0.25) is 0 Å². The van der Waals surface area contributed by atoms with E-state index >= 15 is 0 Å². The van der Waals surface area contributed by atoms with Crippen molar-refractivity contribution in [2.24, 2.45) is 0 Å². The van der Waals surface area contributed by atoms with Crippen LogP contribution in [-0.4, -0.2) is 40.8 Å². The molecule has 0 spiro atoms.